The lowest BCUT2D eigenvalue weighted by atomic mass is 9.71. The first-order valence-electron chi connectivity index (χ1n) is 7.26. The molecule has 0 aromatic rings. The van der Waals surface area contributed by atoms with Crippen molar-refractivity contribution in [3.8, 4) is 0 Å². The molecule has 0 atom stereocenters. The molecular weight excluding hydrogens is 248 g/mol. The molecule has 1 N–H and O–H groups in total. The van der Waals surface area contributed by atoms with Gasteiger partial charge in [0.25, 0.3) is 0 Å². The molecule has 0 aromatic heterocycles. The zero-order valence-electron chi connectivity index (χ0n) is 11.1. The molecule has 0 bridgehead atoms. The number of rotatable bonds is 2. The Morgan fingerprint density at radius 3 is 2.28 bits per heavy atom. The Morgan fingerprint density at radius 2 is 1.72 bits per heavy atom. The van der Waals surface area contributed by atoms with Crippen molar-refractivity contribution in [2.24, 2.45) is 11.3 Å². The van der Waals surface area contributed by atoms with Crippen molar-refractivity contribution in [3.05, 3.63) is 0 Å². The van der Waals surface area contributed by atoms with Crippen molar-refractivity contribution < 1.29 is 4.79 Å². The molecule has 3 aliphatic rings. The number of carbonyl (C=O) groups is 1. The normalized spacial score (nSPS) is 26.8. The van der Waals surface area contributed by atoms with E-state index in [0.717, 1.165) is 25.4 Å². The van der Waals surface area contributed by atoms with Crippen LogP contribution in [0.1, 0.15) is 44.9 Å². The highest BCUT2D eigenvalue weighted by atomic mass is 35.5. The third kappa shape index (κ3) is 3.18. The Kier molecular flexibility index (Phi) is 4.54. The summed E-state index contributed by atoms with van der Waals surface area (Å²) in [6, 6.07) is 0. The summed E-state index contributed by atoms with van der Waals surface area (Å²) in [6.45, 7) is 4.39. The van der Waals surface area contributed by atoms with E-state index in [-0.39, 0.29) is 12.4 Å². The van der Waals surface area contributed by atoms with E-state index < -0.39 is 0 Å². The lowest BCUT2D eigenvalue weighted by Gasteiger charge is -2.44. The van der Waals surface area contributed by atoms with Gasteiger partial charge in [-0.3, -0.25) is 4.79 Å². The molecule has 1 aliphatic carbocycles. The molecule has 1 saturated carbocycles. The average molecular weight is 273 g/mol. The fourth-order valence-corrected chi connectivity index (χ4v) is 3.39. The van der Waals surface area contributed by atoms with E-state index in [1.807, 2.05) is 0 Å². The highest BCUT2D eigenvalue weighted by Crippen LogP contribution is 2.40. The van der Waals surface area contributed by atoms with Gasteiger partial charge < -0.3 is 10.2 Å². The number of hydrogen-bond donors (Lipinski definition) is 1. The maximum Gasteiger partial charge on any atom is 0.222 e. The largest absolute Gasteiger partial charge is 0.343 e. The highest BCUT2D eigenvalue weighted by molar-refractivity contribution is 5.85. The Morgan fingerprint density at radius 1 is 1.11 bits per heavy atom. The number of hydrogen-bond acceptors (Lipinski definition) is 2. The van der Waals surface area contributed by atoms with Crippen molar-refractivity contribution in [3.63, 3.8) is 0 Å². The van der Waals surface area contributed by atoms with Gasteiger partial charge in [0, 0.05) is 19.5 Å². The summed E-state index contributed by atoms with van der Waals surface area (Å²) in [6.07, 6.45) is 8.52. The summed E-state index contributed by atoms with van der Waals surface area (Å²) in [5.74, 6) is 1.16. The van der Waals surface area contributed by atoms with Crippen LogP contribution in [0.4, 0.5) is 0 Å². The van der Waals surface area contributed by atoms with Crippen LogP contribution in [0.2, 0.25) is 0 Å². The van der Waals surface area contributed by atoms with Gasteiger partial charge >= 0.3 is 0 Å². The van der Waals surface area contributed by atoms with Gasteiger partial charge in [0.1, 0.15) is 0 Å². The number of nitrogens with one attached hydrogen (secondary N) is 1. The van der Waals surface area contributed by atoms with Gasteiger partial charge in [0.15, 0.2) is 0 Å². The molecule has 18 heavy (non-hydrogen) atoms. The lowest BCUT2D eigenvalue weighted by Crippen LogP contribution is -2.47. The van der Waals surface area contributed by atoms with Crippen LogP contribution < -0.4 is 5.32 Å². The van der Waals surface area contributed by atoms with Crippen LogP contribution in [-0.2, 0) is 4.79 Å². The molecule has 104 valence electrons. The van der Waals surface area contributed by atoms with Crippen molar-refractivity contribution in [2.75, 3.05) is 26.2 Å². The van der Waals surface area contributed by atoms with Crippen LogP contribution in [0.15, 0.2) is 0 Å². The van der Waals surface area contributed by atoms with Crippen LogP contribution in [0.25, 0.3) is 0 Å². The molecule has 3 nitrogen and oxygen atoms in total. The Bertz CT molecular complexity index is 288. The van der Waals surface area contributed by atoms with Gasteiger partial charge in [-0.05, 0) is 62.9 Å². The number of nitrogens with zero attached hydrogens (tertiary/aromatic N) is 1. The minimum atomic E-state index is 0. The van der Waals surface area contributed by atoms with E-state index in [1.54, 1.807) is 0 Å². The van der Waals surface area contributed by atoms with Gasteiger partial charge in [0.2, 0.25) is 5.91 Å². The van der Waals surface area contributed by atoms with E-state index in [0.29, 0.717) is 11.3 Å². The Labute approximate surface area is 116 Å². The molecule has 2 heterocycles. The summed E-state index contributed by atoms with van der Waals surface area (Å²) in [5.41, 5.74) is 0.571. The average Bonchev–Trinajstić information content (AvgIpc) is 3.15. The maximum atomic E-state index is 12.0. The van der Waals surface area contributed by atoms with Crippen LogP contribution in [0, 0.1) is 11.3 Å². The summed E-state index contributed by atoms with van der Waals surface area (Å²) < 4.78 is 0. The number of halogens is 1. The first kappa shape index (κ1) is 14.1. The van der Waals surface area contributed by atoms with E-state index in [1.165, 1.54) is 51.6 Å². The fraction of sp³-hybridized carbons (Fsp3) is 0.929. The second-order valence-corrected chi connectivity index (χ2v) is 6.28. The minimum absolute atomic E-state index is 0. The quantitative estimate of drug-likeness (QED) is 0.836. The lowest BCUT2D eigenvalue weighted by molar-refractivity contribution is -0.134. The molecule has 0 unspecified atom stereocenters. The summed E-state index contributed by atoms with van der Waals surface area (Å²) in [5, 5.41) is 3.44. The maximum absolute atomic E-state index is 12.0. The SMILES string of the molecule is Cl.O=C(CC1CC1)N1CCC2(CCNCC2)CC1. The highest BCUT2D eigenvalue weighted by Gasteiger charge is 2.37. The monoisotopic (exact) mass is 272 g/mol. The van der Waals surface area contributed by atoms with E-state index in [9.17, 15) is 4.79 Å². The summed E-state index contributed by atoms with van der Waals surface area (Å²) >= 11 is 0. The number of likely N-dealkylation sites (tertiary alicyclic amines) is 1. The van der Waals surface area contributed by atoms with E-state index >= 15 is 0 Å². The molecule has 2 saturated heterocycles. The molecule has 1 spiro atoms. The molecule has 4 heteroatoms. The van der Waals surface area contributed by atoms with Gasteiger partial charge in [-0.25, -0.2) is 0 Å². The predicted molar refractivity (Wildman–Crippen MR) is 74.9 cm³/mol. The van der Waals surface area contributed by atoms with E-state index in [4.69, 9.17) is 0 Å². The van der Waals surface area contributed by atoms with Crippen LogP contribution in [-0.4, -0.2) is 37.0 Å². The van der Waals surface area contributed by atoms with Crippen LogP contribution >= 0.6 is 12.4 Å². The summed E-state index contributed by atoms with van der Waals surface area (Å²) in [7, 11) is 0. The molecule has 3 fully saturated rings. The van der Waals surface area contributed by atoms with Gasteiger partial charge in [-0.15, -0.1) is 12.4 Å². The molecule has 2 aliphatic heterocycles. The van der Waals surface area contributed by atoms with Crippen LogP contribution in [0.5, 0.6) is 0 Å². The number of amides is 1. The van der Waals surface area contributed by atoms with Crippen molar-refractivity contribution in [1.29, 1.82) is 0 Å². The molecule has 3 rings (SSSR count). The second-order valence-electron chi connectivity index (χ2n) is 6.28. The zero-order chi connectivity index (χ0) is 11.7. The Balaban J connectivity index is 0.00000120. The van der Waals surface area contributed by atoms with Crippen molar-refractivity contribution in [1.82, 2.24) is 10.2 Å². The number of carbonyl (C=O) groups excluding carboxylic acids is 1. The van der Waals surface area contributed by atoms with Crippen LogP contribution in [0.3, 0.4) is 0 Å². The predicted octanol–water partition coefficient (Wildman–Crippen LogP) is 2.20. The standard InChI is InChI=1S/C14H24N2O.ClH/c17-13(11-12-1-2-12)16-9-5-14(6-10-16)3-7-15-8-4-14;/h12,15H,1-11H2;1H. The van der Waals surface area contributed by atoms with Crippen molar-refractivity contribution in [2.45, 2.75) is 44.9 Å². The summed E-state index contributed by atoms with van der Waals surface area (Å²) in [4.78, 5) is 14.2. The smallest absolute Gasteiger partial charge is 0.222 e. The van der Waals surface area contributed by atoms with Crippen molar-refractivity contribution >= 4 is 18.3 Å². The third-order valence-electron chi connectivity index (χ3n) is 5.00. The third-order valence-corrected chi connectivity index (χ3v) is 5.00. The molecule has 0 radical (unpaired) electrons. The molecule has 1 amide bonds. The molecule has 0 aromatic carbocycles. The number of piperidine rings is 2. The fourth-order valence-electron chi connectivity index (χ4n) is 3.39. The topological polar surface area (TPSA) is 32.3 Å². The minimum Gasteiger partial charge on any atom is -0.343 e. The Hall–Kier alpha value is -0.280. The molecular formula is C14H25ClN2O. The first-order valence-corrected chi connectivity index (χ1v) is 7.26. The van der Waals surface area contributed by atoms with Gasteiger partial charge in [-0.1, -0.05) is 0 Å². The first-order chi connectivity index (χ1) is 8.27. The zero-order valence-corrected chi connectivity index (χ0v) is 11.9. The second kappa shape index (κ2) is 5.79. The van der Waals surface area contributed by atoms with E-state index in [2.05, 4.69) is 10.2 Å². The van der Waals surface area contributed by atoms with Gasteiger partial charge in [-0.2, -0.15) is 0 Å². The van der Waals surface area contributed by atoms with Gasteiger partial charge in [0.05, 0.1) is 0 Å².